The van der Waals surface area contributed by atoms with E-state index < -0.39 is 0 Å². The van der Waals surface area contributed by atoms with Gasteiger partial charge in [-0.05, 0) is 43.2 Å². The number of rotatable bonds is 8. The van der Waals surface area contributed by atoms with Crippen LogP contribution in [0.1, 0.15) is 20.3 Å². The van der Waals surface area contributed by atoms with Gasteiger partial charge >= 0.3 is 0 Å². The maximum atomic E-state index is 12.7. The molecule has 0 aliphatic heterocycles. The molecule has 0 saturated heterocycles. The summed E-state index contributed by atoms with van der Waals surface area (Å²) in [5.74, 6) is 0.132. The highest BCUT2D eigenvalue weighted by molar-refractivity contribution is 7.99. The van der Waals surface area contributed by atoms with Crippen molar-refractivity contribution in [1.29, 1.82) is 0 Å². The van der Waals surface area contributed by atoms with E-state index in [1.165, 1.54) is 16.3 Å². The molecule has 6 nitrogen and oxygen atoms in total. The molecule has 0 atom stereocenters. The first-order valence-corrected chi connectivity index (χ1v) is 10.3. The van der Waals surface area contributed by atoms with Crippen LogP contribution in [0.3, 0.4) is 0 Å². The van der Waals surface area contributed by atoms with Gasteiger partial charge < -0.3 is 10.1 Å². The van der Waals surface area contributed by atoms with E-state index in [4.69, 9.17) is 4.74 Å². The fourth-order valence-electron chi connectivity index (χ4n) is 2.87. The summed E-state index contributed by atoms with van der Waals surface area (Å²) in [6.07, 6.45) is 0.970. The first-order valence-electron chi connectivity index (χ1n) is 9.36. The largest absolute Gasteiger partial charge is 0.379 e. The zero-order valence-corrected chi connectivity index (χ0v) is 17.2. The molecule has 3 aromatic rings. The van der Waals surface area contributed by atoms with Gasteiger partial charge in [0.25, 0.3) is 5.56 Å². The summed E-state index contributed by atoms with van der Waals surface area (Å²) >= 11 is 1.27. The Bertz CT molecular complexity index is 1050. The van der Waals surface area contributed by atoms with E-state index in [9.17, 15) is 9.59 Å². The van der Waals surface area contributed by atoms with Crippen LogP contribution >= 0.6 is 11.8 Å². The van der Waals surface area contributed by atoms with Gasteiger partial charge in [0.15, 0.2) is 5.16 Å². The Labute approximate surface area is 168 Å². The normalized spacial score (nSPS) is 11.4. The van der Waals surface area contributed by atoms with E-state index in [0.717, 1.165) is 17.2 Å². The highest BCUT2D eigenvalue weighted by Gasteiger charge is 2.12. The zero-order valence-electron chi connectivity index (χ0n) is 16.4. The lowest BCUT2D eigenvalue weighted by Crippen LogP contribution is -2.28. The van der Waals surface area contributed by atoms with Crippen LogP contribution in [0.4, 0.5) is 0 Å². The Hall–Kier alpha value is -2.38. The van der Waals surface area contributed by atoms with Crippen molar-refractivity contribution < 1.29 is 9.53 Å². The topological polar surface area (TPSA) is 73.2 Å². The van der Waals surface area contributed by atoms with Gasteiger partial charge in [-0.2, -0.15) is 0 Å². The number of fused-ring (bicyclic) bond motifs is 2. The van der Waals surface area contributed by atoms with Crippen LogP contribution in [0.5, 0.6) is 0 Å². The van der Waals surface area contributed by atoms with Crippen molar-refractivity contribution in [2.45, 2.75) is 31.5 Å². The summed E-state index contributed by atoms with van der Waals surface area (Å²) < 4.78 is 6.95. The van der Waals surface area contributed by atoms with Crippen LogP contribution in [0.2, 0.25) is 0 Å². The SMILES string of the molecule is CC(C)OCCCNC(=O)CSc1nc2cc3ccccc3cc2c(=O)n1C. The molecule has 0 aliphatic carbocycles. The maximum absolute atomic E-state index is 12.7. The first kappa shape index (κ1) is 20.4. The van der Waals surface area contributed by atoms with E-state index in [2.05, 4.69) is 10.3 Å². The van der Waals surface area contributed by atoms with Gasteiger partial charge in [-0.1, -0.05) is 36.0 Å². The van der Waals surface area contributed by atoms with Crippen molar-refractivity contribution in [3.63, 3.8) is 0 Å². The average molecular weight is 400 g/mol. The van der Waals surface area contributed by atoms with E-state index in [1.807, 2.05) is 50.2 Å². The molecule has 3 rings (SSSR count). The number of amides is 1. The van der Waals surface area contributed by atoms with E-state index in [-0.39, 0.29) is 23.3 Å². The molecule has 148 valence electrons. The predicted octanol–water partition coefficient (Wildman–Crippen LogP) is 3.11. The summed E-state index contributed by atoms with van der Waals surface area (Å²) in [5.41, 5.74) is 0.542. The molecule has 0 aliphatic rings. The van der Waals surface area contributed by atoms with Crippen molar-refractivity contribution in [3.8, 4) is 0 Å². The first-order chi connectivity index (χ1) is 13.5. The van der Waals surface area contributed by atoms with Gasteiger partial charge in [0.1, 0.15) is 0 Å². The Balaban J connectivity index is 1.67. The second kappa shape index (κ2) is 9.21. The summed E-state index contributed by atoms with van der Waals surface area (Å²) in [4.78, 5) is 29.4. The van der Waals surface area contributed by atoms with Crippen molar-refractivity contribution in [2.24, 2.45) is 7.05 Å². The minimum atomic E-state index is -0.107. The number of nitrogens with one attached hydrogen (secondary N) is 1. The van der Waals surface area contributed by atoms with Crippen LogP contribution in [-0.4, -0.2) is 40.5 Å². The second-order valence-corrected chi connectivity index (χ2v) is 7.83. The molecule has 1 aromatic heterocycles. The number of nitrogens with zero attached hydrogens (tertiary/aromatic N) is 2. The molecular formula is C21H25N3O3S. The van der Waals surface area contributed by atoms with Crippen LogP contribution in [0.15, 0.2) is 46.3 Å². The van der Waals surface area contributed by atoms with E-state index in [1.54, 1.807) is 7.05 Å². The third-order valence-electron chi connectivity index (χ3n) is 4.33. The van der Waals surface area contributed by atoms with Crippen molar-refractivity contribution in [2.75, 3.05) is 18.9 Å². The Morgan fingerprint density at radius 3 is 2.68 bits per heavy atom. The molecule has 0 fully saturated rings. The van der Waals surface area contributed by atoms with Crippen LogP contribution < -0.4 is 10.9 Å². The Morgan fingerprint density at radius 1 is 1.25 bits per heavy atom. The number of benzene rings is 2. The van der Waals surface area contributed by atoms with E-state index >= 15 is 0 Å². The van der Waals surface area contributed by atoms with Crippen molar-refractivity contribution in [1.82, 2.24) is 14.9 Å². The van der Waals surface area contributed by atoms with Crippen molar-refractivity contribution >= 4 is 39.3 Å². The van der Waals surface area contributed by atoms with Gasteiger partial charge in [-0.15, -0.1) is 0 Å². The van der Waals surface area contributed by atoms with Crippen LogP contribution in [0, 0.1) is 0 Å². The number of aromatic nitrogens is 2. The zero-order chi connectivity index (χ0) is 20.1. The quantitative estimate of drug-likeness (QED) is 0.273. The molecule has 0 spiro atoms. The molecule has 0 saturated carbocycles. The Kier molecular flexibility index (Phi) is 6.70. The number of hydrogen-bond acceptors (Lipinski definition) is 5. The highest BCUT2D eigenvalue weighted by Crippen LogP contribution is 2.22. The fraction of sp³-hybridized carbons (Fsp3) is 0.381. The highest BCUT2D eigenvalue weighted by atomic mass is 32.2. The lowest BCUT2D eigenvalue weighted by Gasteiger charge is -2.10. The predicted molar refractivity (Wildman–Crippen MR) is 114 cm³/mol. The molecule has 0 bridgehead atoms. The lowest BCUT2D eigenvalue weighted by atomic mass is 10.1. The molecule has 7 heteroatoms. The van der Waals surface area contributed by atoms with Crippen LogP contribution in [-0.2, 0) is 16.6 Å². The number of thioether (sulfide) groups is 1. The maximum Gasteiger partial charge on any atom is 0.261 e. The summed E-state index contributed by atoms with van der Waals surface area (Å²) in [6, 6.07) is 11.7. The molecule has 0 radical (unpaired) electrons. The van der Waals surface area contributed by atoms with Gasteiger partial charge in [0.2, 0.25) is 5.91 Å². The third kappa shape index (κ3) is 4.91. The Morgan fingerprint density at radius 2 is 1.96 bits per heavy atom. The van der Waals surface area contributed by atoms with Gasteiger partial charge in [0, 0.05) is 20.2 Å². The molecular weight excluding hydrogens is 374 g/mol. The molecule has 2 aromatic carbocycles. The minimum Gasteiger partial charge on any atom is -0.379 e. The second-order valence-electron chi connectivity index (χ2n) is 6.89. The smallest absolute Gasteiger partial charge is 0.261 e. The van der Waals surface area contributed by atoms with E-state index in [0.29, 0.717) is 29.2 Å². The minimum absolute atomic E-state index is 0.0811. The molecule has 1 heterocycles. The number of carbonyl (C=O) groups excluding carboxylic acids is 1. The van der Waals surface area contributed by atoms with Crippen molar-refractivity contribution in [3.05, 3.63) is 46.8 Å². The third-order valence-corrected chi connectivity index (χ3v) is 5.36. The molecule has 1 amide bonds. The summed E-state index contributed by atoms with van der Waals surface area (Å²) in [6.45, 7) is 5.17. The molecule has 1 N–H and O–H groups in total. The average Bonchev–Trinajstić information content (AvgIpc) is 2.68. The lowest BCUT2D eigenvalue weighted by molar-refractivity contribution is -0.118. The number of carbonyl (C=O) groups is 1. The van der Waals surface area contributed by atoms with Gasteiger partial charge in [-0.25, -0.2) is 4.98 Å². The molecule has 28 heavy (non-hydrogen) atoms. The molecule has 0 unspecified atom stereocenters. The standard InChI is InChI=1S/C21H25N3O3S/c1-14(2)27-10-6-9-22-19(25)13-28-21-23-18-12-16-8-5-4-7-15(16)11-17(18)20(26)24(21)3/h4-5,7-8,11-12,14H,6,9-10,13H2,1-3H3,(H,22,25). The summed E-state index contributed by atoms with van der Waals surface area (Å²) in [7, 11) is 1.69. The van der Waals surface area contributed by atoms with Gasteiger partial charge in [-0.3, -0.25) is 14.2 Å². The van der Waals surface area contributed by atoms with Gasteiger partial charge in [0.05, 0.1) is 22.8 Å². The summed E-state index contributed by atoms with van der Waals surface area (Å²) in [5, 5.41) is 6.03. The number of ether oxygens (including phenoxy) is 1. The number of hydrogen-bond donors (Lipinski definition) is 1. The fourth-order valence-corrected chi connectivity index (χ4v) is 3.67. The monoisotopic (exact) mass is 399 g/mol. The van der Waals surface area contributed by atoms with Crippen LogP contribution in [0.25, 0.3) is 21.7 Å².